The van der Waals surface area contributed by atoms with Crippen LogP contribution in [-0.4, -0.2) is 49.6 Å². The molecule has 23 heavy (non-hydrogen) atoms. The van der Waals surface area contributed by atoms with Gasteiger partial charge in [0.15, 0.2) is 0 Å². The average molecular weight is 360 g/mol. The molecule has 2 atom stereocenters. The minimum Gasteiger partial charge on any atom is -0.495 e. The summed E-state index contributed by atoms with van der Waals surface area (Å²) in [5.41, 5.74) is 1.04. The van der Waals surface area contributed by atoms with E-state index < -0.39 is 0 Å². The van der Waals surface area contributed by atoms with Gasteiger partial charge in [-0.05, 0) is 40.1 Å². The zero-order valence-electron chi connectivity index (χ0n) is 15.1. The Morgan fingerprint density at radius 3 is 2.17 bits per heavy atom. The second kappa shape index (κ2) is 9.52. The molecule has 1 aromatic rings. The summed E-state index contributed by atoms with van der Waals surface area (Å²) < 4.78 is 6.64. The van der Waals surface area contributed by atoms with Crippen LogP contribution in [0.3, 0.4) is 0 Å². The third-order valence-electron chi connectivity index (χ3n) is 3.70. The van der Waals surface area contributed by atoms with Crippen LogP contribution in [0.5, 0.6) is 5.75 Å². The van der Waals surface area contributed by atoms with Crippen molar-refractivity contribution in [3.05, 3.63) is 10.4 Å². The smallest absolute Gasteiger partial charge is 0.270 e. The van der Waals surface area contributed by atoms with E-state index in [1.165, 1.54) is 11.3 Å². The SMILES string of the molecule is CCNC(C)N(C(=O)c1sc(SC)c(C)c1OC)C(C)NCC. The first-order chi connectivity index (χ1) is 10.9. The second-order valence-corrected chi connectivity index (χ2v) is 7.36. The van der Waals surface area contributed by atoms with E-state index in [1.54, 1.807) is 18.9 Å². The molecule has 0 radical (unpaired) electrons. The summed E-state index contributed by atoms with van der Waals surface area (Å²) in [6, 6.07) is 0. The van der Waals surface area contributed by atoms with Crippen molar-refractivity contribution in [2.24, 2.45) is 0 Å². The van der Waals surface area contributed by atoms with Gasteiger partial charge in [0.1, 0.15) is 10.6 Å². The maximum absolute atomic E-state index is 13.2. The van der Waals surface area contributed by atoms with Gasteiger partial charge >= 0.3 is 0 Å². The maximum atomic E-state index is 13.2. The molecule has 0 spiro atoms. The highest BCUT2D eigenvalue weighted by Crippen LogP contribution is 2.40. The molecule has 132 valence electrons. The van der Waals surface area contributed by atoms with Crippen LogP contribution in [0.2, 0.25) is 0 Å². The quantitative estimate of drug-likeness (QED) is 0.524. The second-order valence-electron chi connectivity index (χ2n) is 5.26. The average Bonchev–Trinajstić information content (AvgIpc) is 2.83. The van der Waals surface area contributed by atoms with Crippen molar-refractivity contribution in [1.82, 2.24) is 15.5 Å². The molecule has 2 N–H and O–H groups in total. The fourth-order valence-corrected chi connectivity index (χ4v) is 4.59. The van der Waals surface area contributed by atoms with Crippen molar-refractivity contribution in [3.63, 3.8) is 0 Å². The number of carbonyl (C=O) groups excluding carboxylic acids is 1. The molecule has 0 fully saturated rings. The minimum absolute atomic E-state index is 0.00264. The molecule has 0 aliphatic rings. The van der Waals surface area contributed by atoms with E-state index in [2.05, 4.69) is 10.6 Å². The van der Waals surface area contributed by atoms with Crippen molar-refractivity contribution < 1.29 is 9.53 Å². The maximum Gasteiger partial charge on any atom is 0.270 e. The van der Waals surface area contributed by atoms with Crippen molar-refractivity contribution in [3.8, 4) is 5.75 Å². The summed E-state index contributed by atoms with van der Waals surface area (Å²) in [4.78, 5) is 15.7. The largest absolute Gasteiger partial charge is 0.495 e. The van der Waals surface area contributed by atoms with Crippen LogP contribution in [0.1, 0.15) is 42.9 Å². The van der Waals surface area contributed by atoms with Crippen LogP contribution in [0.25, 0.3) is 0 Å². The zero-order valence-corrected chi connectivity index (χ0v) is 16.8. The molecule has 1 aromatic heterocycles. The number of methoxy groups -OCH3 is 1. The molecule has 0 bridgehead atoms. The molecule has 2 unspecified atom stereocenters. The van der Waals surface area contributed by atoms with E-state index in [-0.39, 0.29) is 18.2 Å². The molecule has 1 rings (SSSR count). The van der Waals surface area contributed by atoms with Crippen molar-refractivity contribution in [2.75, 3.05) is 26.5 Å². The van der Waals surface area contributed by atoms with Crippen LogP contribution in [-0.2, 0) is 0 Å². The number of thioether (sulfide) groups is 1. The first kappa shape index (κ1) is 20.3. The Labute approximate surface area is 148 Å². The lowest BCUT2D eigenvalue weighted by Gasteiger charge is -2.35. The van der Waals surface area contributed by atoms with E-state index in [1.807, 2.05) is 45.8 Å². The lowest BCUT2D eigenvalue weighted by Crippen LogP contribution is -2.55. The van der Waals surface area contributed by atoms with Gasteiger partial charge in [0.25, 0.3) is 5.91 Å². The van der Waals surface area contributed by atoms with Gasteiger partial charge in [0.05, 0.1) is 23.7 Å². The molecular weight excluding hydrogens is 330 g/mol. The Kier molecular flexibility index (Phi) is 8.39. The normalized spacial score (nSPS) is 13.7. The van der Waals surface area contributed by atoms with Crippen LogP contribution in [0.4, 0.5) is 0 Å². The molecule has 0 aliphatic heterocycles. The number of ether oxygens (including phenoxy) is 1. The summed E-state index contributed by atoms with van der Waals surface area (Å²) in [5, 5.41) is 6.66. The number of carbonyl (C=O) groups is 1. The molecule has 0 aromatic carbocycles. The minimum atomic E-state index is -0.0635. The Morgan fingerprint density at radius 1 is 1.26 bits per heavy atom. The van der Waals surface area contributed by atoms with Gasteiger partial charge < -0.3 is 9.64 Å². The lowest BCUT2D eigenvalue weighted by molar-refractivity contribution is 0.0528. The Hall–Kier alpha value is -0.760. The fraction of sp³-hybridized carbons (Fsp3) is 0.688. The van der Waals surface area contributed by atoms with E-state index in [0.29, 0.717) is 10.6 Å². The molecule has 0 aliphatic carbocycles. The van der Waals surface area contributed by atoms with E-state index in [0.717, 1.165) is 22.9 Å². The molecule has 0 saturated carbocycles. The van der Waals surface area contributed by atoms with Gasteiger partial charge in [0, 0.05) is 5.56 Å². The van der Waals surface area contributed by atoms with Gasteiger partial charge in [-0.15, -0.1) is 23.1 Å². The first-order valence-corrected chi connectivity index (χ1v) is 9.97. The number of nitrogens with one attached hydrogen (secondary N) is 2. The third kappa shape index (κ3) is 4.62. The summed E-state index contributed by atoms with van der Waals surface area (Å²) in [6.07, 6.45) is 1.89. The zero-order chi connectivity index (χ0) is 17.6. The van der Waals surface area contributed by atoms with E-state index >= 15 is 0 Å². The summed E-state index contributed by atoms with van der Waals surface area (Å²) in [6.45, 7) is 11.7. The highest BCUT2D eigenvalue weighted by atomic mass is 32.2. The highest BCUT2D eigenvalue weighted by Gasteiger charge is 2.30. The van der Waals surface area contributed by atoms with Crippen molar-refractivity contribution in [2.45, 2.75) is 51.2 Å². The van der Waals surface area contributed by atoms with Crippen LogP contribution >= 0.6 is 23.1 Å². The highest BCUT2D eigenvalue weighted by molar-refractivity contribution is 8.00. The first-order valence-electron chi connectivity index (χ1n) is 7.93. The summed E-state index contributed by atoms with van der Waals surface area (Å²) in [7, 11) is 1.63. The molecular formula is C16H29N3O2S2. The van der Waals surface area contributed by atoms with E-state index in [4.69, 9.17) is 4.74 Å². The predicted octanol–water partition coefficient (Wildman–Crippen LogP) is 3.14. The Morgan fingerprint density at radius 2 is 1.78 bits per heavy atom. The number of hydrogen-bond acceptors (Lipinski definition) is 6. The number of rotatable bonds is 9. The molecule has 1 amide bonds. The van der Waals surface area contributed by atoms with E-state index in [9.17, 15) is 4.79 Å². The topological polar surface area (TPSA) is 53.6 Å². The van der Waals surface area contributed by atoms with Gasteiger partial charge in [-0.2, -0.15) is 0 Å². The van der Waals surface area contributed by atoms with Gasteiger partial charge in [-0.25, -0.2) is 0 Å². The number of nitrogens with zero attached hydrogens (tertiary/aromatic N) is 1. The summed E-state index contributed by atoms with van der Waals surface area (Å²) >= 11 is 3.16. The molecule has 5 nitrogen and oxygen atoms in total. The number of amides is 1. The van der Waals surface area contributed by atoms with Gasteiger partial charge in [-0.1, -0.05) is 13.8 Å². The van der Waals surface area contributed by atoms with Crippen LogP contribution in [0, 0.1) is 6.92 Å². The third-order valence-corrected chi connectivity index (χ3v) is 6.18. The molecule has 7 heteroatoms. The predicted molar refractivity (Wildman–Crippen MR) is 99.8 cm³/mol. The van der Waals surface area contributed by atoms with Crippen molar-refractivity contribution in [1.29, 1.82) is 0 Å². The van der Waals surface area contributed by atoms with Gasteiger partial charge in [-0.3, -0.25) is 15.4 Å². The lowest BCUT2D eigenvalue weighted by atomic mass is 10.2. The number of hydrogen-bond donors (Lipinski definition) is 2. The monoisotopic (exact) mass is 359 g/mol. The molecule has 1 heterocycles. The van der Waals surface area contributed by atoms with Crippen LogP contribution < -0.4 is 15.4 Å². The number of thiophene rings is 1. The van der Waals surface area contributed by atoms with Gasteiger partial charge in [0.2, 0.25) is 0 Å². The standard InChI is InChI=1S/C16H29N3O2S2/c1-8-17-11(4)19(12(5)18-9-2)15(20)14-13(21-6)10(3)16(22-7)23-14/h11-12,17-18H,8-9H2,1-7H3. The van der Waals surface area contributed by atoms with Crippen LogP contribution in [0.15, 0.2) is 4.21 Å². The fourth-order valence-electron chi connectivity index (χ4n) is 2.65. The van der Waals surface area contributed by atoms with Crippen molar-refractivity contribution >= 4 is 29.0 Å². The molecule has 0 saturated heterocycles. The summed E-state index contributed by atoms with van der Waals surface area (Å²) in [5.74, 6) is 0.693. The Bertz CT molecular complexity index is 508. The Balaban J connectivity index is 3.23.